The Labute approximate surface area is 222 Å². The van der Waals surface area contributed by atoms with Crippen LogP contribution in [0.25, 0.3) is 0 Å². The standard InChI is InChI=1S/C28H36N4O6/c1-28(2,3)38-27(37)17-4-6-18(7-5-17)30-12-14-31(15-13-30)19-8-9-20-21(16-19)26(36)32(25(20)35)22-10-11-23(33)29-24(22)34/h8-9,16-18,22H,4-7,10-15H2,1-3H3,(H,29,33,34). The summed E-state index contributed by atoms with van der Waals surface area (Å²) in [6.45, 7) is 9.06. The lowest BCUT2D eigenvalue weighted by molar-refractivity contribution is -0.161. The zero-order valence-electron chi connectivity index (χ0n) is 22.3. The van der Waals surface area contributed by atoms with Gasteiger partial charge in [0.25, 0.3) is 11.8 Å². The molecule has 1 aromatic carbocycles. The Morgan fingerprint density at radius 1 is 0.895 bits per heavy atom. The third kappa shape index (κ3) is 5.18. The first-order valence-corrected chi connectivity index (χ1v) is 13.6. The number of benzene rings is 1. The van der Waals surface area contributed by atoms with E-state index >= 15 is 0 Å². The number of nitrogens with one attached hydrogen (secondary N) is 1. The molecule has 1 atom stereocenters. The van der Waals surface area contributed by atoms with Gasteiger partial charge in [-0.05, 0) is 71.1 Å². The molecule has 0 bridgehead atoms. The van der Waals surface area contributed by atoms with Crippen LogP contribution in [0.2, 0.25) is 0 Å². The van der Waals surface area contributed by atoms with Crippen molar-refractivity contribution in [2.45, 2.75) is 77.0 Å². The highest BCUT2D eigenvalue weighted by Crippen LogP contribution is 2.33. The minimum atomic E-state index is -0.961. The lowest BCUT2D eigenvalue weighted by Gasteiger charge is -2.42. The van der Waals surface area contributed by atoms with Crippen LogP contribution in [0, 0.1) is 5.92 Å². The third-order valence-corrected chi connectivity index (χ3v) is 8.06. The number of carbonyl (C=O) groups excluding carboxylic acids is 5. The number of fused-ring (bicyclic) bond motifs is 1. The lowest BCUT2D eigenvalue weighted by Crippen LogP contribution is -2.54. The molecule has 5 rings (SSSR count). The topological polar surface area (TPSA) is 116 Å². The Bertz CT molecular complexity index is 1160. The monoisotopic (exact) mass is 524 g/mol. The molecule has 3 heterocycles. The zero-order chi connectivity index (χ0) is 27.2. The second kappa shape index (κ2) is 10.1. The highest BCUT2D eigenvalue weighted by Gasteiger charge is 2.45. The number of imide groups is 2. The summed E-state index contributed by atoms with van der Waals surface area (Å²) in [5, 5.41) is 2.23. The van der Waals surface area contributed by atoms with Crippen LogP contribution in [0.1, 0.15) is 80.0 Å². The van der Waals surface area contributed by atoms with Gasteiger partial charge in [-0.2, -0.15) is 0 Å². The highest BCUT2D eigenvalue weighted by molar-refractivity contribution is 6.23. The predicted octanol–water partition coefficient (Wildman–Crippen LogP) is 2.11. The van der Waals surface area contributed by atoms with E-state index in [0.29, 0.717) is 17.2 Å². The van der Waals surface area contributed by atoms with Gasteiger partial charge in [0.1, 0.15) is 11.6 Å². The number of esters is 1. The fourth-order valence-corrected chi connectivity index (χ4v) is 6.06. The minimum absolute atomic E-state index is 0.0156. The maximum atomic E-state index is 13.2. The van der Waals surface area contributed by atoms with Gasteiger partial charge in [0.15, 0.2) is 0 Å². The number of nitrogens with zero attached hydrogens (tertiary/aromatic N) is 3. The molecule has 0 radical (unpaired) electrons. The van der Waals surface area contributed by atoms with Gasteiger partial charge < -0.3 is 9.64 Å². The molecule has 1 aliphatic carbocycles. The van der Waals surface area contributed by atoms with E-state index in [4.69, 9.17) is 4.74 Å². The van der Waals surface area contributed by atoms with Crippen LogP contribution >= 0.6 is 0 Å². The highest BCUT2D eigenvalue weighted by atomic mass is 16.6. The predicted molar refractivity (Wildman–Crippen MR) is 138 cm³/mol. The van der Waals surface area contributed by atoms with Crippen LogP contribution in [-0.4, -0.2) is 83.3 Å². The van der Waals surface area contributed by atoms with Gasteiger partial charge >= 0.3 is 5.97 Å². The summed E-state index contributed by atoms with van der Waals surface area (Å²) in [7, 11) is 0. The Balaban J connectivity index is 1.17. The summed E-state index contributed by atoms with van der Waals surface area (Å²) >= 11 is 0. The molecule has 10 nitrogen and oxygen atoms in total. The Hall–Kier alpha value is -3.27. The van der Waals surface area contributed by atoms with Crippen LogP contribution in [0.15, 0.2) is 18.2 Å². The number of anilines is 1. The molecule has 1 saturated carbocycles. The Morgan fingerprint density at radius 2 is 1.55 bits per heavy atom. The first-order chi connectivity index (χ1) is 18.0. The summed E-state index contributed by atoms with van der Waals surface area (Å²) in [5.74, 6) is -2.06. The molecule has 0 aromatic heterocycles. The van der Waals surface area contributed by atoms with Gasteiger partial charge in [-0.3, -0.25) is 39.1 Å². The fraction of sp³-hybridized carbons (Fsp3) is 0.607. The third-order valence-electron chi connectivity index (χ3n) is 8.06. The van der Waals surface area contributed by atoms with E-state index < -0.39 is 29.4 Å². The van der Waals surface area contributed by atoms with E-state index in [9.17, 15) is 24.0 Å². The van der Waals surface area contributed by atoms with Crippen LogP contribution in [0.5, 0.6) is 0 Å². The largest absolute Gasteiger partial charge is 0.460 e. The molecule has 1 N–H and O–H groups in total. The molecule has 1 unspecified atom stereocenters. The normalized spacial score (nSPS) is 26.9. The summed E-state index contributed by atoms with van der Waals surface area (Å²) < 4.78 is 5.58. The summed E-state index contributed by atoms with van der Waals surface area (Å²) in [4.78, 5) is 68.1. The second-order valence-corrected chi connectivity index (χ2v) is 11.7. The molecule has 4 amide bonds. The van der Waals surface area contributed by atoms with E-state index in [2.05, 4.69) is 15.1 Å². The van der Waals surface area contributed by atoms with Gasteiger partial charge in [-0.1, -0.05) is 0 Å². The van der Waals surface area contributed by atoms with Gasteiger partial charge in [-0.15, -0.1) is 0 Å². The van der Waals surface area contributed by atoms with Gasteiger partial charge in [0.2, 0.25) is 11.8 Å². The van der Waals surface area contributed by atoms with Gasteiger partial charge in [0.05, 0.1) is 17.0 Å². The minimum Gasteiger partial charge on any atom is -0.460 e. The van der Waals surface area contributed by atoms with Crippen molar-refractivity contribution in [2.75, 3.05) is 31.1 Å². The maximum Gasteiger partial charge on any atom is 0.309 e. The molecular weight excluding hydrogens is 488 g/mol. The molecule has 2 saturated heterocycles. The summed E-state index contributed by atoms with van der Waals surface area (Å²) in [5.41, 5.74) is 1.02. The number of amides is 4. The zero-order valence-corrected chi connectivity index (χ0v) is 22.3. The molecule has 3 aliphatic heterocycles. The van der Waals surface area contributed by atoms with Crippen molar-refractivity contribution < 1.29 is 28.7 Å². The fourth-order valence-electron chi connectivity index (χ4n) is 6.06. The Morgan fingerprint density at radius 3 is 2.18 bits per heavy atom. The number of hydrogen-bond acceptors (Lipinski definition) is 8. The molecule has 0 spiro atoms. The van der Waals surface area contributed by atoms with E-state index in [1.54, 1.807) is 12.1 Å². The van der Waals surface area contributed by atoms with Gasteiger partial charge in [-0.25, -0.2) is 0 Å². The van der Waals surface area contributed by atoms with Crippen molar-refractivity contribution in [1.82, 2.24) is 15.1 Å². The first kappa shape index (κ1) is 26.3. The number of piperazine rings is 1. The van der Waals surface area contributed by atoms with Crippen molar-refractivity contribution in [3.8, 4) is 0 Å². The summed E-state index contributed by atoms with van der Waals surface area (Å²) in [6.07, 6.45) is 3.91. The van der Waals surface area contributed by atoms with E-state index in [1.807, 2.05) is 26.8 Å². The number of piperidine rings is 1. The molecule has 204 valence electrons. The number of hydrogen-bond donors (Lipinski definition) is 1. The molecule has 10 heteroatoms. The molecule has 1 aromatic rings. The van der Waals surface area contributed by atoms with Crippen molar-refractivity contribution in [1.29, 1.82) is 0 Å². The number of ether oxygens (including phenoxy) is 1. The average Bonchev–Trinajstić information content (AvgIpc) is 3.12. The van der Waals surface area contributed by atoms with Crippen molar-refractivity contribution >= 4 is 35.3 Å². The van der Waals surface area contributed by atoms with Crippen LogP contribution in [-0.2, 0) is 19.1 Å². The van der Waals surface area contributed by atoms with Crippen LogP contribution in [0.3, 0.4) is 0 Å². The van der Waals surface area contributed by atoms with Gasteiger partial charge in [0, 0.05) is 44.3 Å². The van der Waals surface area contributed by atoms with Crippen molar-refractivity contribution in [2.24, 2.45) is 5.92 Å². The van der Waals surface area contributed by atoms with E-state index in [-0.39, 0.29) is 30.6 Å². The summed E-state index contributed by atoms with van der Waals surface area (Å²) in [6, 6.07) is 4.78. The average molecular weight is 525 g/mol. The van der Waals surface area contributed by atoms with Crippen molar-refractivity contribution in [3.05, 3.63) is 29.3 Å². The smallest absolute Gasteiger partial charge is 0.309 e. The molecule has 3 fully saturated rings. The quantitative estimate of drug-likeness (QED) is 0.470. The molecule has 4 aliphatic rings. The number of carbonyl (C=O) groups is 5. The number of rotatable bonds is 4. The first-order valence-electron chi connectivity index (χ1n) is 13.6. The van der Waals surface area contributed by atoms with Crippen LogP contribution in [0.4, 0.5) is 5.69 Å². The SMILES string of the molecule is CC(C)(C)OC(=O)C1CCC(N2CCN(c3ccc4c(c3)C(=O)N(C3CCC(=O)NC3=O)C4=O)CC2)CC1. The lowest BCUT2D eigenvalue weighted by atomic mass is 9.85. The maximum absolute atomic E-state index is 13.2. The molecular formula is C28H36N4O6. The van der Waals surface area contributed by atoms with Crippen LogP contribution < -0.4 is 10.2 Å². The van der Waals surface area contributed by atoms with E-state index in [0.717, 1.165) is 62.4 Å². The Kier molecular flexibility index (Phi) is 7.02. The molecule has 38 heavy (non-hydrogen) atoms. The van der Waals surface area contributed by atoms with Crippen molar-refractivity contribution in [3.63, 3.8) is 0 Å². The second-order valence-electron chi connectivity index (χ2n) is 11.7. The van der Waals surface area contributed by atoms with E-state index in [1.165, 1.54) is 0 Å².